The SMILES string of the molecule is CCCCCCCCO[C@H]1O[C@@H](CO)[C@H](O)[C@@H](O)[C@@H]1NC(C)=O. The molecule has 5 atom stereocenters. The largest absolute Gasteiger partial charge is 0.394 e. The van der Waals surface area contributed by atoms with Crippen LogP contribution in [-0.4, -0.2) is 65.1 Å². The van der Waals surface area contributed by atoms with Gasteiger partial charge in [-0.25, -0.2) is 0 Å². The maximum Gasteiger partial charge on any atom is 0.217 e. The third-order valence-electron chi connectivity index (χ3n) is 4.03. The molecule has 0 spiro atoms. The Hall–Kier alpha value is -0.730. The van der Waals surface area contributed by atoms with Gasteiger partial charge in [-0.15, -0.1) is 0 Å². The molecule has 1 rings (SSSR count). The normalized spacial score (nSPS) is 31.1. The minimum Gasteiger partial charge on any atom is -0.394 e. The number of rotatable bonds is 10. The first-order valence-corrected chi connectivity index (χ1v) is 8.52. The maximum atomic E-state index is 11.3. The molecular weight excluding hydrogens is 302 g/mol. The van der Waals surface area contributed by atoms with E-state index >= 15 is 0 Å². The average molecular weight is 333 g/mol. The van der Waals surface area contributed by atoms with Crippen molar-refractivity contribution in [2.45, 2.75) is 83.0 Å². The van der Waals surface area contributed by atoms with Crippen LogP contribution in [0.3, 0.4) is 0 Å². The summed E-state index contributed by atoms with van der Waals surface area (Å²) in [7, 11) is 0. The molecule has 1 saturated heterocycles. The first kappa shape index (κ1) is 20.3. The fraction of sp³-hybridized carbons (Fsp3) is 0.938. The lowest BCUT2D eigenvalue weighted by Gasteiger charge is -2.42. The standard InChI is InChI=1S/C16H31NO6/c1-3-4-5-6-7-8-9-22-16-13(17-11(2)19)15(21)14(20)12(10-18)23-16/h12-16,18,20-21H,3-10H2,1-2H3,(H,17,19)/t12-,13-,14-,15-,16-/m0/s1. The molecule has 1 heterocycles. The smallest absolute Gasteiger partial charge is 0.217 e. The van der Waals surface area contributed by atoms with E-state index in [4.69, 9.17) is 9.47 Å². The zero-order valence-electron chi connectivity index (χ0n) is 14.1. The lowest BCUT2D eigenvalue weighted by Crippen LogP contribution is -2.64. The number of unbranched alkanes of at least 4 members (excludes halogenated alkanes) is 5. The van der Waals surface area contributed by atoms with E-state index in [1.165, 1.54) is 26.2 Å². The quantitative estimate of drug-likeness (QED) is 0.429. The molecule has 0 bridgehead atoms. The van der Waals surface area contributed by atoms with Crippen LogP contribution in [0.1, 0.15) is 52.4 Å². The molecule has 0 unspecified atom stereocenters. The predicted molar refractivity (Wildman–Crippen MR) is 84.7 cm³/mol. The number of hydrogen-bond acceptors (Lipinski definition) is 6. The highest BCUT2D eigenvalue weighted by Gasteiger charge is 2.45. The Kier molecular flexibility index (Phi) is 9.66. The molecule has 1 aliphatic rings. The summed E-state index contributed by atoms with van der Waals surface area (Å²) in [4.78, 5) is 11.3. The highest BCUT2D eigenvalue weighted by molar-refractivity contribution is 5.73. The minimum absolute atomic E-state index is 0.347. The third kappa shape index (κ3) is 6.73. The summed E-state index contributed by atoms with van der Waals surface area (Å²) >= 11 is 0. The summed E-state index contributed by atoms with van der Waals surface area (Å²) < 4.78 is 11.1. The lowest BCUT2D eigenvalue weighted by molar-refractivity contribution is -0.270. The Morgan fingerprint density at radius 1 is 1.13 bits per heavy atom. The number of aliphatic hydroxyl groups is 3. The molecule has 1 amide bonds. The topological polar surface area (TPSA) is 108 Å². The van der Waals surface area contributed by atoms with Crippen molar-refractivity contribution in [3.05, 3.63) is 0 Å². The molecule has 7 nitrogen and oxygen atoms in total. The number of nitrogens with one attached hydrogen (secondary N) is 1. The number of amides is 1. The van der Waals surface area contributed by atoms with Crippen LogP contribution in [0.25, 0.3) is 0 Å². The van der Waals surface area contributed by atoms with Crippen LogP contribution >= 0.6 is 0 Å². The van der Waals surface area contributed by atoms with Gasteiger partial charge in [-0.2, -0.15) is 0 Å². The summed E-state index contributed by atoms with van der Waals surface area (Å²) in [6, 6.07) is -0.856. The first-order chi connectivity index (χ1) is 11.0. The minimum atomic E-state index is -1.27. The van der Waals surface area contributed by atoms with E-state index in [0.29, 0.717) is 6.61 Å². The van der Waals surface area contributed by atoms with Gasteiger partial charge in [0.25, 0.3) is 0 Å². The monoisotopic (exact) mass is 333 g/mol. The molecular formula is C16H31NO6. The Morgan fingerprint density at radius 3 is 2.39 bits per heavy atom. The van der Waals surface area contributed by atoms with Crippen molar-refractivity contribution in [1.82, 2.24) is 5.32 Å². The average Bonchev–Trinajstić information content (AvgIpc) is 2.52. The van der Waals surface area contributed by atoms with Gasteiger partial charge >= 0.3 is 0 Å². The molecule has 0 saturated carbocycles. The van der Waals surface area contributed by atoms with Gasteiger partial charge in [0.2, 0.25) is 5.91 Å². The van der Waals surface area contributed by atoms with Crippen molar-refractivity contribution >= 4 is 5.91 Å². The van der Waals surface area contributed by atoms with Gasteiger partial charge in [-0.3, -0.25) is 4.79 Å². The van der Waals surface area contributed by atoms with E-state index in [1.807, 2.05) is 0 Å². The van der Waals surface area contributed by atoms with Crippen molar-refractivity contribution in [3.8, 4) is 0 Å². The van der Waals surface area contributed by atoms with Crippen molar-refractivity contribution in [3.63, 3.8) is 0 Å². The fourth-order valence-corrected chi connectivity index (χ4v) is 2.69. The molecule has 1 fully saturated rings. The zero-order chi connectivity index (χ0) is 17.2. The van der Waals surface area contributed by atoms with Crippen molar-refractivity contribution in [2.75, 3.05) is 13.2 Å². The van der Waals surface area contributed by atoms with E-state index < -0.39 is 37.3 Å². The molecule has 0 aliphatic carbocycles. The van der Waals surface area contributed by atoms with Crippen LogP contribution in [0.4, 0.5) is 0 Å². The Morgan fingerprint density at radius 2 is 1.78 bits per heavy atom. The fourth-order valence-electron chi connectivity index (χ4n) is 2.69. The summed E-state index contributed by atoms with van der Waals surface area (Å²) in [6.45, 7) is 3.50. The van der Waals surface area contributed by atoms with Gasteiger partial charge in [-0.05, 0) is 6.42 Å². The third-order valence-corrected chi connectivity index (χ3v) is 4.03. The lowest BCUT2D eigenvalue weighted by atomic mass is 9.97. The molecule has 4 N–H and O–H groups in total. The highest BCUT2D eigenvalue weighted by Crippen LogP contribution is 2.22. The maximum absolute atomic E-state index is 11.3. The van der Waals surface area contributed by atoms with E-state index in [9.17, 15) is 20.1 Å². The van der Waals surface area contributed by atoms with Gasteiger partial charge < -0.3 is 30.1 Å². The predicted octanol–water partition coefficient (Wildman–Crippen LogP) is 0.307. The molecule has 7 heteroatoms. The molecule has 0 radical (unpaired) electrons. The van der Waals surface area contributed by atoms with Crippen LogP contribution in [0.2, 0.25) is 0 Å². The van der Waals surface area contributed by atoms with E-state index in [1.54, 1.807) is 0 Å². The first-order valence-electron chi connectivity index (χ1n) is 8.52. The zero-order valence-corrected chi connectivity index (χ0v) is 14.1. The molecule has 0 aromatic carbocycles. The van der Waals surface area contributed by atoms with Crippen LogP contribution in [-0.2, 0) is 14.3 Å². The number of carbonyl (C=O) groups is 1. The highest BCUT2D eigenvalue weighted by atomic mass is 16.7. The molecule has 136 valence electrons. The Labute approximate surface area is 138 Å². The van der Waals surface area contributed by atoms with Gasteiger partial charge in [0.05, 0.1) is 6.61 Å². The molecule has 0 aromatic rings. The number of hydrogen-bond donors (Lipinski definition) is 4. The summed E-state index contributed by atoms with van der Waals surface area (Å²) in [5.41, 5.74) is 0. The second-order valence-electron chi connectivity index (χ2n) is 6.07. The summed E-state index contributed by atoms with van der Waals surface area (Å²) in [6.07, 6.45) is 2.37. The Bertz CT molecular complexity index is 341. The van der Waals surface area contributed by atoms with Gasteiger partial charge in [0.1, 0.15) is 24.4 Å². The van der Waals surface area contributed by atoms with Crippen LogP contribution in [0, 0.1) is 0 Å². The van der Waals surface area contributed by atoms with Crippen LogP contribution in [0.5, 0.6) is 0 Å². The van der Waals surface area contributed by atoms with Gasteiger partial charge in [0.15, 0.2) is 6.29 Å². The second kappa shape index (κ2) is 10.9. The summed E-state index contributed by atoms with van der Waals surface area (Å²) in [5, 5.41) is 31.8. The number of ether oxygens (including phenoxy) is 2. The molecule has 1 aliphatic heterocycles. The Balaban J connectivity index is 2.45. The second-order valence-corrected chi connectivity index (χ2v) is 6.07. The molecule has 0 aromatic heterocycles. The van der Waals surface area contributed by atoms with Crippen molar-refractivity contribution in [2.24, 2.45) is 0 Å². The van der Waals surface area contributed by atoms with E-state index in [2.05, 4.69) is 12.2 Å². The van der Waals surface area contributed by atoms with Gasteiger partial charge in [-0.1, -0.05) is 39.0 Å². The van der Waals surface area contributed by atoms with Crippen molar-refractivity contribution in [1.29, 1.82) is 0 Å². The number of carbonyl (C=O) groups excluding carboxylic acids is 1. The van der Waals surface area contributed by atoms with Crippen LogP contribution in [0.15, 0.2) is 0 Å². The van der Waals surface area contributed by atoms with E-state index in [0.717, 1.165) is 19.3 Å². The van der Waals surface area contributed by atoms with Crippen molar-refractivity contribution < 1.29 is 29.6 Å². The van der Waals surface area contributed by atoms with E-state index in [-0.39, 0.29) is 5.91 Å². The van der Waals surface area contributed by atoms with Gasteiger partial charge in [0, 0.05) is 13.5 Å². The molecule has 23 heavy (non-hydrogen) atoms. The number of aliphatic hydroxyl groups excluding tert-OH is 3. The summed E-state index contributed by atoms with van der Waals surface area (Å²) in [5.74, 6) is -0.347. The van der Waals surface area contributed by atoms with Crippen LogP contribution < -0.4 is 5.32 Å².